The van der Waals surface area contributed by atoms with Gasteiger partial charge >= 0.3 is 0 Å². The van der Waals surface area contributed by atoms with Crippen molar-refractivity contribution in [2.45, 2.75) is 96.7 Å². The number of unbranched alkanes of at least 4 members (excludes halogenated alkanes) is 9. The highest BCUT2D eigenvalue weighted by molar-refractivity contribution is 7.99. The van der Waals surface area contributed by atoms with Gasteiger partial charge in [-0.05, 0) is 50.7 Å². The predicted molar refractivity (Wildman–Crippen MR) is 148 cm³/mol. The topological polar surface area (TPSA) is 52.6 Å². The molecule has 5 heteroatoms. The van der Waals surface area contributed by atoms with E-state index in [0.717, 1.165) is 17.7 Å². The second kappa shape index (κ2) is 15.9. The van der Waals surface area contributed by atoms with Gasteiger partial charge in [0.1, 0.15) is 11.5 Å². The van der Waals surface area contributed by atoms with Crippen LogP contribution < -0.4 is 9.47 Å². The Morgan fingerprint density at radius 1 is 0.857 bits per heavy atom. The van der Waals surface area contributed by atoms with Crippen molar-refractivity contribution in [2.24, 2.45) is 0 Å². The summed E-state index contributed by atoms with van der Waals surface area (Å²) in [6, 6.07) is 1.90. The molecule has 194 valence electrons. The molecule has 0 saturated carbocycles. The third-order valence-corrected chi connectivity index (χ3v) is 7.85. The molecule has 0 aromatic heterocycles. The molecule has 35 heavy (non-hydrogen) atoms. The molecule has 0 fully saturated rings. The molecule has 0 saturated heterocycles. The van der Waals surface area contributed by atoms with Gasteiger partial charge in [0.15, 0.2) is 11.6 Å². The van der Waals surface area contributed by atoms with Crippen molar-refractivity contribution < 1.29 is 19.1 Å². The monoisotopic (exact) mass is 500 g/mol. The minimum Gasteiger partial charge on any atom is -0.496 e. The van der Waals surface area contributed by atoms with Gasteiger partial charge in [-0.15, -0.1) is 0 Å². The molecule has 1 aliphatic rings. The molecular formula is C30H44O4S. The summed E-state index contributed by atoms with van der Waals surface area (Å²) < 4.78 is 11.3. The Morgan fingerprint density at radius 2 is 1.43 bits per heavy atom. The molecule has 0 heterocycles. The standard InChI is InChI=1S/C30H44O4S/c1-6-7-8-9-10-11-12-13-14-15-20-35-27(19-16-22(2)3)23-21-26(33-4)28-24(31)17-18-25(32)29(28)30(23)34-5/h16-18,21,27H,6-15,19-20H2,1-5H3. The summed E-state index contributed by atoms with van der Waals surface area (Å²) in [5, 5.41) is 0.117. The van der Waals surface area contributed by atoms with Crippen molar-refractivity contribution in [1.82, 2.24) is 0 Å². The van der Waals surface area contributed by atoms with E-state index < -0.39 is 0 Å². The molecule has 0 bridgehead atoms. The Balaban J connectivity index is 2.07. The van der Waals surface area contributed by atoms with Crippen molar-refractivity contribution in [1.29, 1.82) is 0 Å². The zero-order valence-electron chi connectivity index (χ0n) is 22.4. The maximum absolute atomic E-state index is 12.8. The van der Waals surface area contributed by atoms with Crippen LogP contribution in [0.25, 0.3) is 0 Å². The van der Waals surface area contributed by atoms with E-state index in [1.54, 1.807) is 14.2 Å². The number of hydrogen-bond donors (Lipinski definition) is 0. The number of hydrogen-bond acceptors (Lipinski definition) is 5. The summed E-state index contributed by atoms with van der Waals surface area (Å²) in [7, 11) is 3.12. The number of benzene rings is 1. The van der Waals surface area contributed by atoms with Gasteiger partial charge in [-0.3, -0.25) is 9.59 Å². The first-order valence-corrected chi connectivity index (χ1v) is 14.3. The lowest BCUT2D eigenvalue weighted by molar-refractivity contribution is 0.0988. The number of thioether (sulfide) groups is 1. The van der Waals surface area contributed by atoms with Crippen LogP contribution in [0, 0.1) is 0 Å². The van der Waals surface area contributed by atoms with Gasteiger partial charge in [-0.1, -0.05) is 76.4 Å². The van der Waals surface area contributed by atoms with E-state index in [1.807, 2.05) is 17.8 Å². The molecule has 0 radical (unpaired) electrons. The molecule has 0 N–H and O–H groups in total. The van der Waals surface area contributed by atoms with Crippen LogP contribution >= 0.6 is 11.8 Å². The van der Waals surface area contributed by atoms with E-state index in [0.29, 0.717) is 22.6 Å². The summed E-state index contributed by atoms with van der Waals surface area (Å²) >= 11 is 1.90. The lowest BCUT2D eigenvalue weighted by Gasteiger charge is -2.24. The van der Waals surface area contributed by atoms with Crippen molar-refractivity contribution >= 4 is 23.3 Å². The highest BCUT2D eigenvalue weighted by atomic mass is 32.2. The van der Waals surface area contributed by atoms with Crippen LogP contribution in [-0.4, -0.2) is 31.5 Å². The lowest BCUT2D eigenvalue weighted by atomic mass is 9.89. The maximum atomic E-state index is 12.8. The lowest BCUT2D eigenvalue weighted by Crippen LogP contribution is -2.16. The Hall–Kier alpha value is -2.01. The smallest absolute Gasteiger partial charge is 0.190 e. The van der Waals surface area contributed by atoms with Gasteiger partial charge in [-0.25, -0.2) is 0 Å². The number of allylic oxidation sites excluding steroid dienone is 4. The number of methoxy groups -OCH3 is 2. The van der Waals surface area contributed by atoms with Crippen molar-refractivity contribution in [3.63, 3.8) is 0 Å². The summed E-state index contributed by atoms with van der Waals surface area (Å²) in [5.41, 5.74) is 2.82. The van der Waals surface area contributed by atoms with Gasteiger partial charge in [0.05, 0.1) is 25.3 Å². The molecule has 2 rings (SSSR count). The van der Waals surface area contributed by atoms with Crippen molar-refractivity contribution in [3.8, 4) is 11.5 Å². The zero-order chi connectivity index (χ0) is 25.6. The third kappa shape index (κ3) is 8.86. The fourth-order valence-corrected chi connectivity index (χ4v) is 5.76. The minimum atomic E-state index is -0.222. The molecule has 1 aliphatic carbocycles. The fourth-order valence-electron chi connectivity index (χ4n) is 4.52. The van der Waals surface area contributed by atoms with E-state index in [1.165, 1.54) is 81.9 Å². The SMILES string of the molecule is CCCCCCCCCCCCSC(CC=C(C)C)c1cc(OC)c2c(c1OC)C(=O)C=CC2=O. The second-order valence-electron chi connectivity index (χ2n) is 9.57. The average Bonchev–Trinajstić information content (AvgIpc) is 2.85. The Morgan fingerprint density at radius 3 is 1.97 bits per heavy atom. The quantitative estimate of drug-likeness (QED) is 0.158. The number of rotatable bonds is 17. The Bertz CT molecular complexity index is 896. The first-order valence-electron chi connectivity index (χ1n) is 13.2. The van der Waals surface area contributed by atoms with Crippen LogP contribution in [0.2, 0.25) is 0 Å². The molecule has 0 spiro atoms. The zero-order valence-corrected chi connectivity index (χ0v) is 23.2. The van der Waals surface area contributed by atoms with E-state index in [4.69, 9.17) is 9.47 Å². The summed E-state index contributed by atoms with van der Waals surface area (Å²) in [4.78, 5) is 25.4. The minimum absolute atomic E-state index is 0.117. The van der Waals surface area contributed by atoms with Crippen LogP contribution in [-0.2, 0) is 0 Å². The van der Waals surface area contributed by atoms with Crippen molar-refractivity contribution in [3.05, 3.63) is 46.6 Å². The number of ketones is 2. The molecule has 0 amide bonds. The van der Waals surface area contributed by atoms with E-state index in [9.17, 15) is 9.59 Å². The Labute approximate surface area is 216 Å². The number of fused-ring (bicyclic) bond motifs is 1. The number of carbonyl (C=O) groups excluding carboxylic acids is 2. The van der Waals surface area contributed by atoms with Crippen molar-refractivity contribution in [2.75, 3.05) is 20.0 Å². The molecule has 1 atom stereocenters. The Kier molecular flexibility index (Phi) is 13.3. The van der Waals surface area contributed by atoms with Gasteiger partial charge in [0.2, 0.25) is 0 Å². The van der Waals surface area contributed by atoms with E-state index >= 15 is 0 Å². The van der Waals surface area contributed by atoms with Gasteiger partial charge < -0.3 is 9.47 Å². The second-order valence-corrected chi connectivity index (χ2v) is 10.9. The fraction of sp³-hybridized carbons (Fsp3) is 0.600. The summed E-state index contributed by atoms with van der Waals surface area (Å²) in [6.07, 6.45) is 18.9. The summed E-state index contributed by atoms with van der Waals surface area (Å²) in [5.74, 6) is 1.57. The molecule has 4 nitrogen and oxygen atoms in total. The van der Waals surface area contributed by atoms with Crippen LogP contribution in [0.15, 0.2) is 29.9 Å². The van der Waals surface area contributed by atoms with Crippen LogP contribution in [0.5, 0.6) is 11.5 Å². The molecule has 0 aliphatic heterocycles. The van der Waals surface area contributed by atoms with Gasteiger partial charge in [-0.2, -0.15) is 11.8 Å². The normalized spacial score (nSPS) is 13.5. The summed E-state index contributed by atoms with van der Waals surface area (Å²) in [6.45, 7) is 6.46. The molecular weight excluding hydrogens is 456 g/mol. The van der Waals surface area contributed by atoms with Crippen LogP contribution in [0.3, 0.4) is 0 Å². The van der Waals surface area contributed by atoms with Gasteiger partial charge in [0, 0.05) is 10.8 Å². The molecule has 1 unspecified atom stereocenters. The largest absolute Gasteiger partial charge is 0.496 e. The molecule has 1 aromatic carbocycles. The highest BCUT2D eigenvalue weighted by Gasteiger charge is 2.31. The predicted octanol–water partition coefficient (Wildman–Crippen LogP) is 8.69. The van der Waals surface area contributed by atoms with E-state index in [2.05, 4.69) is 26.8 Å². The first-order chi connectivity index (χ1) is 16.9. The van der Waals surface area contributed by atoms with Crippen LogP contribution in [0.1, 0.15) is 123 Å². The first kappa shape index (κ1) is 29.2. The van der Waals surface area contributed by atoms with Crippen LogP contribution in [0.4, 0.5) is 0 Å². The average molecular weight is 501 g/mol. The molecule has 1 aromatic rings. The van der Waals surface area contributed by atoms with E-state index in [-0.39, 0.29) is 16.8 Å². The highest BCUT2D eigenvalue weighted by Crippen LogP contribution is 2.45. The number of carbonyl (C=O) groups is 2. The van der Waals surface area contributed by atoms with Gasteiger partial charge in [0.25, 0.3) is 0 Å². The number of ether oxygens (including phenoxy) is 2. The maximum Gasteiger partial charge on any atom is 0.190 e. The third-order valence-electron chi connectivity index (χ3n) is 6.48.